The van der Waals surface area contributed by atoms with Crippen molar-refractivity contribution >= 4 is 11.7 Å². The second-order valence-corrected chi connectivity index (χ2v) is 7.19. The van der Waals surface area contributed by atoms with Gasteiger partial charge in [0.25, 0.3) is 0 Å². The number of anilines is 1. The molecule has 3 aromatic rings. The summed E-state index contributed by atoms with van der Waals surface area (Å²) in [7, 11) is 0. The Labute approximate surface area is 172 Å². The van der Waals surface area contributed by atoms with Gasteiger partial charge in [-0.2, -0.15) is 5.26 Å². The predicted octanol–water partition coefficient (Wildman–Crippen LogP) is 4.64. The molecule has 0 spiro atoms. The molecule has 30 heavy (non-hydrogen) atoms. The molecule has 1 fully saturated rings. The number of benzene rings is 2. The standard InChI is InChI=1S/C22H19F2N5O/c23-18-6-3-16(11-19(18)24)20-13-26-21(28-20)15-7-9-29(10-8-15)22(30)27-17-4-1-14(12-25)2-5-17/h1-6,11,13,15H,7-10H2,(H,26,28)(H,27,30). The highest BCUT2D eigenvalue weighted by molar-refractivity contribution is 5.89. The molecule has 2 amide bonds. The van der Waals surface area contributed by atoms with Crippen molar-refractivity contribution in [2.75, 3.05) is 18.4 Å². The van der Waals surface area contributed by atoms with E-state index in [0.717, 1.165) is 30.8 Å². The first-order valence-electron chi connectivity index (χ1n) is 9.60. The number of aromatic amines is 1. The van der Waals surface area contributed by atoms with Crippen molar-refractivity contribution in [3.05, 3.63) is 71.7 Å². The monoisotopic (exact) mass is 407 g/mol. The van der Waals surface area contributed by atoms with Crippen LogP contribution in [0.1, 0.15) is 30.1 Å². The van der Waals surface area contributed by atoms with Gasteiger partial charge in [0.1, 0.15) is 5.82 Å². The van der Waals surface area contributed by atoms with Gasteiger partial charge in [-0.1, -0.05) is 0 Å². The van der Waals surface area contributed by atoms with Crippen molar-refractivity contribution in [2.24, 2.45) is 0 Å². The van der Waals surface area contributed by atoms with Gasteiger partial charge in [0.15, 0.2) is 11.6 Å². The van der Waals surface area contributed by atoms with Crippen LogP contribution in [0.5, 0.6) is 0 Å². The Hall–Kier alpha value is -3.73. The molecule has 0 bridgehead atoms. The number of carbonyl (C=O) groups is 1. The minimum absolute atomic E-state index is 0.156. The molecular formula is C22H19F2N5O. The van der Waals surface area contributed by atoms with Crippen LogP contribution in [0.3, 0.4) is 0 Å². The molecule has 0 radical (unpaired) electrons. The number of piperidine rings is 1. The third kappa shape index (κ3) is 4.15. The summed E-state index contributed by atoms with van der Waals surface area (Å²) < 4.78 is 26.6. The zero-order valence-corrected chi connectivity index (χ0v) is 16.0. The normalized spacial score (nSPS) is 14.4. The number of nitriles is 1. The molecular weight excluding hydrogens is 388 g/mol. The highest BCUT2D eigenvalue weighted by Gasteiger charge is 2.25. The van der Waals surface area contributed by atoms with Crippen LogP contribution in [-0.2, 0) is 0 Å². The summed E-state index contributed by atoms with van der Waals surface area (Å²) >= 11 is 0. The molecule has 2 heterocycles. The third-order valence-electron chi connectivity index (χ3n) is 5.26. The maximum Gasteiger partial charge on any atom is 0.321 e. The SMILES string of the molecule is N#Cc1ccc(NC(=O)N2CCC(c3ncc(-c4ccc(F)c(F)c4)[nH]3)CC2)cc1. The fourth-order valence-electron chi connectivity index (χ4n) is 3.54. The van der Waals surface area contributed by atoms with Gasteiger partial charge in [-0.05, 0) is 55.3 Å². The van der Waals surface area contributed by atoms with Crippen molar-refractivity contribution in [3.63, 3.8) is 0 Å². The summed E-state index contributed by atoms with van der Waals surface area (Å²) in [6.45, 7) is 1.15. The topological polar surface area (TPSA) is 84.8 Å². The maximum atomic E-state index is 13.5. The fraction of sp³-hybridized carbons (Fsp3) is 0.227. The maximum absolute atomic E-state index is 13.5. The number of hydrogen-bond acceptors (Lipinski definition) is 3. The van der Waals surface area contributed by atoms with Crippen molar-refractivity contribution < 1.29 is 13.6 Å². The summed E-state index contributed by atoms with van der Waals surface area (Å²) in [5.41, 5.74) is 2.34. The number of aromatic nitrogens is 2. The lowest BCUT2D eigenvalue weighted by Gasteiger charge is -2.31. The molecule has 0 unspecified atom stereocenters. The highest BCUT2D eigenvalue weighted by atomic mass is 19.2. The number of imidazole rings is 1. The van der Waals surface area contributed by atoms with Crippen LogP contribution in [0, 0.1) is 23.0 Å². The number of halogens is 2. The molecule has 0 aliphatic carbocycles. The molecule has 4 rings (SSSR count). The van der Waals surface area contributed by atoms with Crippen LogP contribution in [0.25, 0.3) is 11.3 Å². The molecule has 2 aromatic carbocycles. The number of urea groups is 1. The molecule has 1 aromatic heterocycles. The van der Waals surface area contributed by atoms with E-state index in [4.69, 9.17) is 5.26 Å². The smallest absolute Gasteiger partial charge is 0.321 e. The highest BCUT2D eigenvalue weighted by Crippen LogP contribution is 2.28. The molecule has 0 saturated carbocycles. The van der Waals surface area contributed by atoms with Crippen LogP contribution < -0.4 is 5.32 Å². The lowest BCUT2D eigenvalue weighted by molar-refractivity contribution is 0.193. The minimum Gasteiger partial charge on any atom is -0.342 e. The first kappa shape index (κ1) is 19.6. The number of carbonyl (C=O) groups excluding carboxylic acids is 1. The Morgan fingerprint density at radius 2 is 1.87 bits per heavy atom. The molecule has 6 nitrogen and oxygen atoms in total. The van der Waals surface area contributed by atoms with Gasteiger partial charge in [0.2, 0.25) is 0 Å². The molecule has 152 valence electrons. The number of H-pyrrole nitrogens is 1. The van der Waals surface area contributed by atoms with E-state index >= 15 is 0 Å². The van der Waals surface area contributed by atoms with E-state index in [1.165, 1.54) is 6.07 Å². The third-order valence-corrected chi connectivity index (χ3v) is 5.26. The fourth-order valence-corrected chi connectivity index (χ4v) is 3.54. The summed E-state index contributed by atoms with van der Waals surface area (Å²) in [5, 5.41) is 11.7. The molecule has 1 saturated heterocycles. The van der Waals surface area contributed by atoms with Gasteiger partial charge in [0, 0.05) is 30.3 Å². The van der Waals surface area contributed by atoms with E-state index < -0.39 is 11.6 Å². The average Bonchev–Trinajstić information content (AvgIpc) is 3.26. The molecule has 1 aliphatic heterocycles. The van der Waals surface area contributed by atoms with Crippen molar-refractivity contribution in [1.82, 2.24) is 14.9 Å². The Morgan fingerprint density at radius 3 is 2.53 bits per heavy atom. The van der Waals surface area contributed by atoms with Gasteiger partial charge in [-0.15, -0.1) is 0 Å². The first-order chi connectivity index (χ1) is 14.5. The number of hydrogen-bond donors (Lipinski definition) is 2. The van der Waals surface area contributed by atoms with Crippen LogP contribution in [0.15, 0.2) is 48.7 Å². The van der Waals surface area contributed by atoms with Crippen LogP contribution in [-0.4, -0.2) is 34.0 Å². The van der Waals surface area contributed by atoms with Crippen LogP contribution in [0.2, 0.25) is 0 Å². The summed E-state index contributed by atoms with van der Waals surface area (Å²) in [5.74, 6) is -0.847. The van der Waals surface area contributed by atoms with Gasteiger partial charge >= 0.3 is 6.03 Å². The number of nitrogens with one attached hydrogen (secondary N) is 2. The Bertz CT molecular complexity index is 1100. The summed E-state index contributed by atoms with van der Waals surface area (Å²) in [6, 6.07) is 12.3. The van der Waals surface area contributed by atoms with Crippen molar-refractivity contribution in [2.45, 2.75) is 18.8 Å². The Morgan fingerprint density at radius 1 is 1.13 bits per heavy atom. The Balaban J connectivity index is 1.35. The zero-order valence-electron chi connectivity index (χ0n) is 16.0. The number of likely N-dealkylation sites (tertiary alicyclic amines) is 1. The van der Waals surface area contributed by atoms with Crippen molar-refractivity contribution in [3.8, 4) is 17.3 Å². The zero-order chi connectivity index (χ0) is 21.1. The van der Waals surface area contributed by atoms with E-state index in [9.17, 15) is 13.6 Å². The number of nitrogens with zero attached hydrogens (tertiary/aromatic N) is 3. The molecule has 0 atom stereocenters. The van der Waals surface area contributed by atoms with E-state index in [1.54, 1.807) is 35.4 Å². The number of rotatable bonds is 3. The lowest BCUT2D eigenvalue weighted by atomic mass is 9.96. The van der Waals surface area contributed by atoms with E-state index in [0.29, 0.717) is 35.6 Å². The van der Waals surface area contributed by atoms with E-state index in [1.807, 2.05) is 6.07 Å². The van der Waals surface area contributed by atoms with E-state index in [2.05, 4.69) is 15.3 Å². The largest absolute Gasteiger partial charge is 0.342 e. The molecule has 1 aliphatic rings. The minimum atomic E-state index is -0.898. The van der Waals surface area contributed by atoms with Gasteiger partial charge in [0.05, 0.1) is 23.5 Å². The van der Waals surface area contributed by atoms with Crippen LogP contribution in [0.4, 0.5) is 19.3 Å². The second-order valence-electron chi connectivity index (χ2n) is 7.19. The first-order valence-corrected chi connectivity index (χ1v) is 9.60. The molecule has 8 heteroatoms. The van der Waals surface area contributed by atoms with Crippen molar-refractivity contribution in [1.29, 1.82) is 5.26 Å². The lowest BCUT2D eigenvalue weighted by Crippen LogP contribution is -2.40. The molecule has 2 N–H and O–H groups in total. The van der Waals surface area contributed by atoms with Gasteiger partial charge in [-0.25, -0.2) is 18.6 Å². The Kier molecular flexibility index (Phi) is 5.44. The quantitative estimate of drug-likeness (QED) is 0.663. The van der Waals surface area contributed by atoms with Crippen LogP contribution >= 0.6 is 0 Å². The van der Waals surface area contributed by atoms with Gasteiger partial charge in [-0.3, -0.25) is 0 Å². The number of amides is 2. The summed E-state index contributed by atoms with van der Waals surface area (Å²) in [6.07, 6.45) is 3.10. The average molecular weight is 407 g/mol. The van der Waals surface area contributed by atoms with Gasteiger partial charge < -0.3 is 15.2 Å². The predicted molar refractivity (Wildman–Crippen MR) is 108 cm³/mol. The second kappa shape index (κ2) is 8.33. The van der Waals surface area contributed by atoms with E-state index in [-0.39, 0.29) is 11.9 Å². The summed E-state index contributed by atoms with van der Waals surface area (Å²) in [4.78, 5) is 21.8.